The van der Waals surface area contributed by atoms with Crippen molar-refractivity contribution >= 4 is 11.0 Å². The lowest BCUT2D eigenvalue weighted by atomic mass is 10.1. The minimum absolute atomic E-state index is 0.0998. The molecule has 1 fully saturated rings. The Kier molecular flexibility index (Phi) is 2.94. The molecule has 0 bridgehead atoms. The van der Waals surface area contributed by atoms with Gasteiger partial charge in [0.2, 0.25) is 0 Å². The van der Waals surface area contributed by atoms with Gasteiger partial charge in [-0.05, 0) is 0 Å². The van der Waals surface area contributed by atoms with Gasteiger partial charge in [-0.1, -0.05) is 0 Å². The van der Waals surface area contributed by atoms with Gasteiger partial charge >= 0.3 is 0 Å². The largest absolute Gasteiger partial charge is 0.425 e. The fourth-order valence-corrected chi connectivity index (χ4v) is 2.26. The lowest BCUT2D eigenvalue weighted by Gasteiger charge is -2.12. The van der Waals surface area contributed by atoms with Gasteiger partial charge in [0.1, 0.15) is 36.3 Å². The van der Waals surface area contributed by atoms with Crippen molar-refractivity contribution in [2.45, 2.75) is 24.4 Å². The number of fused-ring (bicyclic) bond motifs is 1. The second kappa shape index (κ2) is 4.52. The molecular weight excluding hydrogens is 270 g/mol. The van der Waals surface area contributed by atoms with Gasteiger partial charge in [0.05, 0.1) is 12.3 Å². The van der Waals surface area contributed by atoms with Gasteiger partial charge < -0.3 is 25.3 Å². The number of ether oxygens (including phenoxy) is 1. The number of nitrogens with one attached hydrogen (secondary N) is 2. The van der Waals surface area contributed by atoms with Gasteiger partial charge in [-0.15, -0.1) is 0 Å². The summed E-state index contributed by atoms with van der Waals surface area (Å²) in [6, 6.07) is 0. The molecule has 0 aromatic carbocycles. The van der Waals surface area contributed by atoms with Crippen LogP contribution in [0.1, 0.15) is 11.8 Å². The number of H-pyrrole nitrogens is 1. The number of aromatic nitrogens is 4. The number of nitrogens with zero attached hydrogens (tertiary/aromatic N) is 3. The lowest BCUT2D eigenvalue weighted by molar-refractivity contribution is -0.0236. The van der Waals surface area contributed by atoms with E-state index >= 15 is 0 Å². The summed E-state index contributed by atoms with van der Waals surface area (Å²) in [7, 11) is 0. The highest BCUT2D eigenvalue weighted by Gasteiger charge is 2.44. The maximum absolute atomic E-state index is 9.95. The molecule has 0 radical (unpaired) electrons. The van der Waals surface area contributed by atoms with E-state index in [1.54, 1.807) is 0 Å². The molecule has 0 amide bonds. The van der Waals surface area contributed by atoms with Crippen LogP contribution in [0.25, 0.3) is 11.0 Å². The quantitative estimate of drug-likeness (QED) is 0.336. The Hall–Kier alpha value is -2.01. The first-order valence-corrected chi connectivity index (χ1v) is 5.86. The first kappa shape index (κ1) is 13.0. The molecule has 0 saturated carbocycles. The van der Waals surface area contributed by atoms with E-state index in [1.165, 1.54) is 0 Å². The van der Waals surface area contributed by atoms with E-state index in [0.717, 1.165) is 6.33 Å². The Labute approximate surface area is 111 Å². The van der Waals surface area contributed by atoms with E-state index in [9.17, 15) is 15.4 Å². The van der Waals surface area contributed by atoms with Crippen LogP contribution in [0.2, 0.25) is 0 Å². The second-order valence-electron chi connectivity index (χ2n) is 4.53. The maximum atomic E-state index is 9.95. The van der Waals surface area contributed by atoms with Gasteiger partial charge in [-0.25, -0.2) is 4.98 Å². The van der Waals surface area contributed by atoms with Crippen molar-refractivity contribution in [2.24, 2.45) is 0 Å². The predicted octanol–water partition coefficient (Wildman–Crippen LogP) is -2.37. The fourth-order valence-electron chi connectivity index (χ4n) is 2.26. The Bertz CT molecular complexity index is 697. The van der Waals surface area contributed by atoms with Crippen LogP contribution in [0.5, 0.6) is 0 Å². The summed E-state index contributed by atoms with van der Waals surface area (Å²) in [6.45, 7) is -0.436. The molecule has 3 heterocycles. The molecule has 20 heavy (non-hydrogen) atoms. The Morgan fingerprint density at radius 3 is 2.75 bits per heavy atom. The van der Waals surface area contributed by atoms with Gasteiger partial charge in [-0.2, -0.15) is 9.83 Å². The number of rotatable bonds is 2. The van der Waals surface area contributed by atoms with E-state index in [2.05, 4.69) is 15.2 Å². The zero-order valence-corrected chi connectivity index (χ0v) is 10.1. The van der Waals surface area contributed by atoms with E-state index < -0.39 is 31.0 Å². The molecule has 1 aliphatic rings. The molecule has 3 rings (SSSR count). The molecule has 1 saturated heterocycles. The Morgan fingerprint density at radius 2 is 2.10 bits per heavy atom. The minimum Gasteiger partial charge on any atom is -0.425 e. The number of aromatic amines is 1. The zero-order valence-electron chi connectivity index (χ0n) is 10.1. The SMILES string of the molecule is N=c1c2n[nH]c([C@H]3O[C@@H](CO)[C@@H](O)[C@@H]3O)c2ncn1O. The number of hydrogen-bond acceptors (Lipinski definition) is 8. The van der Waals surface area contributed by atoms with Crippen LogP contribution in [-0.4, -0.2) is 65.4 Å². The van der Waals surface area contributed by atoms with Crippen LogP contribution in [-0.2, 0) is 4.74 Å². The molecule has 2 aromatic heterocycles. The zero-order chi connectivity index (χ0) is 14.4. The fraction of sp³-hybridized carbons (Fsp3) is 0.500. The van der Waals surface area contributed by atoms with Crippen molar-refractivity contribution < 1.29 is 25.3 Å². The molecule has 4 atom stereocenters. The molecule has 0 spiro atoms. The summed E-state index contributed by atoms with van der Waals surface area (Å²) < 4.78 is 5.87. The number of aliphatic hydroxyl groups excluding tert-OH is 3. The van der Waals surface area contributed by atoms with Crippen LogP contribution in [0.15, 0.2) is 6.33 Å². The van der Waals surface area contributed by atoms with Crippen molar-refractivity contribution in [3.63, 3.8) is 0 Å². The summed E-state index contributed by atoms with van der Waals surface area (Å²) >= 11 is 0. The minimum atomic E-state index is -1.26. The molecule has 0 aliphatic carbocycles. The average molecular weight is 283 g/mol. The van der Waals surface area contributed by atoms with Crippen LogP contribution in [0.4, 0.5) is 0 Å². The Balaban J connectivity index is 2.08. The Morgan fingerprint density at radius 1 is 1.35 bits per heavy atom. The third-order valence-electron chi connectivity index (χ3n) is 3.34. The van der Waals surface area contributed by atoms with Gasteiger partial charge in [0, 0.05) is 0 Å². The van der Waals surface area contributed by atoms with E-state index in [0.29, 0.717) is 4.73 Å². The van der Waals surface area contributed by atoms with Crippen LogP contribution >= 0.6 is 0 Å². The topological polar surface area (TPSA) is 161 Å². The highest BCUT2D eigenvalue weighted by Crippen LogP contribution is 2.34. The third kappa shape index (κ3) is 1.70. The van der Waals surface area contributed by atoms with Crippen molar-refractivity contribution in [2.75, 3.05) is 6.61 Å². The standard InChI is InChI=1S/C10H13N5O5/c11-10-6-4(12-2-15(10)19)5(13-14-6)9-8(18)7(17)3(1-16)20-9/h2-3,7-9,11,16-19H,1H2,(H,13,14)/t3-,7+,8-,9+/m0/s1. The number of hydrogen-bond donors (Lipinski definition) is 6. The average Bonchev–Trinajstić information content (AvgIpc) is 2.98. The summed E-state index contributed by atoms with van der Waals surface area (Å²) in [6.07, 6.45) is -3.33. The molecule has 2 aromatic rings. The third-order valence-corrected chi connectivity index (χ3v) is 3.34. The van der Waals surface area contributed by atoms with Gasteiger partial charge in [-0.3, -0.25) is 10.5 Å². The van der Waals surface area contributed by atoms with Crippen molar-refractivity contribution in [1.29, 1.82) is 5.41 Å². The van der Waals surface area contributed by atoms with Gasteiger partial charge in [0.15, 0.2) is 11.0 Å². The monoisotopic (exact) mass is 283 g/mol. The first-order valence-electron chi connectivity index (χ1n) is 5.86. The molecular formula is C10H13N5O5. The van der Waals surface area contributed by atoms with Crippen LogP contribution < -0.4 is 5.49 Å². The maximum Gasteiger partial charge on any atom is 0.192 e. The molecule has 108 valence electrons. The molecule has 10 nitrogen and oxygen atoms in total. The van der Waals surface area contributed by atoms with E-state index in [4.69, 9.17) is 15.3 Å². The first-order chi connectivity index (χ1) is 9.54. The molecule has 1 aliphatic heterocycles. The van der Waals surface area contributed by atoms with Gasteiger partial charge in [0.25, 0.3) is 0 Å². The van der Waals surface area contributed by atoms with Crippen LogP contribution in [0, 0.1) is 5.41 Å². The molecule has 10 heteroatoms. The van der Waals surface area contributed by atoms with E-state index in [1.807, 2.05) is 0 Å². The summed E-state index contributed by atoms with van der Waals surface area (Å²) in [5.74, 6) is 0. The highest BCUT2D eigenvalue weighted by molar-refractivity contribution is 5.75. The molecule has 0 unspecified atom stereocenters. The summed E-state index contributed by atoms with van der Waals surface area (Å²) in [5.41, 5.74) is 0.346. The van der Waals surface area contributed by atoms with Crippen molar-refractivity contribution in [3.8, 4) is 0 Å². The highest BCUT2D eigenvalue weighted by atomic mass is 16.6. The predicted molar refractivity (Wildman–Crippen MR) is 61.6 cm³/mol. The lowest BCUT2D eigenvalue weighted by Crippen LogP contribution is -2.32. The number of aliphatic hydroxyl groups is 3. The summed E-state index contributed by atoms with van der Waals surface area (Å²) in [4.78, 5) is 3.92. The van der Waals surface area contributed by atoms with Crippen molar-refractivity contribution in [1.82, 2.24) is 19.9 Å². The molecule has 6 N–H and O–H groups in total. The summed E-state index contributed by atoms with van der Waals surface area (Å²) in [5, 5.41) is 52.1. The smallest absolute Gasteiger partial charge is 0.192 e. The second-order valence-corrected chi connectivity index (χ2v) is 4.53. The van der Waals surface area contributed by atoms with Crippen molar-refractivity contribution in [3.05, 3.63) is 17.5 Å². The normalized spacial score (nSPS) is 30.1. The van der Waals surface area contributed by atoms with E-state index in [-0.39, 0.29) is 22.2 Å². The van der Waals surface area contributed by atoms with Crippen LogP contribution in [0.3, 0.4) is 0 Å².